The van der Waals surface area contributed by atoms with Gasteiger partial charge in [-0.1, -0.05) is 172 Å². The van der Waals surface area contributed by atoms with Gasteiger partial charge < -0.3 is 9.16 Å². The Kier molecular flexibility index (Phi) is 11.5. The minimum absolute atomic E-state index is 0.0224. The largest absolute Gasteiger partial charge is 0.466 e. The SMILES string of the molecule is CCOC(=O)CC(CC(=O)C=P(c1ccccc1)(c1ccccc1)c1ccccc1)O[Si](c1ccccc1)(c1ccccc1)C(C)(C)C. The lowest BCUT2D eigenvalue weighted by Crippen LogP contribution is -2.68. The molecule has 0 aliphatic carbocycles. The van der Waals surface area contributed by atoms with Crippen LogP contribution >= 0.6 is 6.89 Å². The first-order valence-corrected chi connectivity index (χ1v) is 20.4. The molecule has 1 atom stereocenters. The number of ketones is 1. The summed E-state index contributed by atoms with van der Waals surface area (Å²) >= 11 is 0. The lowest BCUT2D eigenvalue weighted by atomic mass is 10.1. The number of carbonyl (C=O) groups excluding carboxylic acids is 2. The van der Waals surface area contributed by atoms with Gasteiger partial charge in [-0.25, -0.2) is 0 Å². The van der Waals surface area contributed by atoms with Crippen LogP contribution in [0, 0.1) is 0 Å². The van der Waals surface area contributed by atoms with Crippen molar-refractivity contribution in [3.63, 3.8) is 0 Å². The lowest BCUT2D eigenvalue weighted by Gasteiger charge is -2.45. The average Bonchev–Trinajstić information content (AvgIpc) is 3.11. The highest BCUT2D eigenvalue weighted by Crippen LogP contribution is 2.44. The Morgan fingerprint density at radius 1 is 0.625 bits per heavy atom. The summed E-state index contributed by atoms with van der Waals surface area (Å²) in [6, 6.07) is 51.5. The van der Waals surface area contributed by atoms with E-state index in [1.807, 2.05) is 96.8 Å². The number of rotatable bonds is 13. The molecule has 0 radical (unpaired) electrons. The molecular weight excluding hydrogens is 628 g/mol. The van der Waals surface area contributed by atoms with Crippen LogP contribution in [0.1, 0.15) is 40.5 Å². The van der Waals surface area contributed by atoms with Crippen LogP contribution in [-0.4, -0.2) is 38.6 Å². The Labute approximate surface area is 286 Å². The van der Waals surface area contributed by atoms with E-state index in [-0.39, 0.29) is 36.2 Å². The predicted molar refractivity (Wildman–Crippen MR) is 205 cm³/mol. The van der Waals surface area contributed by atoms with Crippen LogP contribution in [0.2, 0.25) is 5.04 Å². The second-order valence-electron chi connectivity index (χ2n) is 12.9. The maximum atomic E-state index is 14.7. The zero-order valence-electron chi connectivity index (χ0n) is 28.3. The molecule has 48 heavy (non-hydrogen) atoms. The van der Waals surface area contributed by atoms with Gasteiger partial charge >= 0.3 is 5.97 Å². The van der Waals surface area contributed by atoms with Gasteiger partial charge in [0.05, 0.1) is 19.1 Å². The number of carbonyl (C=O) groups is 2. The summed E-state index contributed by atoms with van der Waals surface area (Å²) in [5.74, 6) is 1.51. The number of ether oxygens (including phenoxy) is 1. The van der Waals surface area contributed by atoms with Gasteiger partial charge in [-0.05, 0) is 50.9 Å². The summed E-state index contributed by atoms with van der Waals surface area (Å²) in [7, 11) is -3.08. The van der Waals surface area contributed by atoms with Gasteiger partial charge in [0.1, 0.15) is 0 Å². The molecule has 0 aromatic heterocycles. The van der Waals surface area contributed by atoms with Gasteiger partial charge in [0.25, 0.3) is 8.32 Å². The maximum absolute atomic E-state index is 14.7. The van der Waals surface area contributed by atoms with E-state index in [9.17, 15) is 9.59 Å². The van der Waals surface area contributed by atoms with E-state index in [2.05, 4.69) is 81.4 Å². The Morgan fingerprint density at radius 2 is 1.00 bits per heavy atom. The molecule has 0 aliphatic heterocycles. The molecule has 5 aromatic carbocycles. The van der Waals surface area contributed by atoms with Crippen molar-refractivity contribution in [2.45, 2.75) is 51.7 Å². The lowest BCUT2D eigenvalue weighted by molar-refractivity contribution is -0.145. The second-order valence-corrected chi connectivity index (χ2v) is 20.4. The molecule has 1 unspecified atom stereocenters. The third-order valence-corrected chi connectivity index (χ3v) is 17.8. The first-order chi connectivity index (χ1) is 23.2. The summed E-state index contributed by atoms with van der Waals surface area (Å²) in [5, 5.41) is 5.12. The molecule has 4 nitrogen and oxygen atoms in total. The topological polar surface area (TPSA) is 52.6 Å². The van der Waals surface area contributed by atoms with Crippen molar-refractivity contribution in [2.24, 2.45) is 0 Å². The van der Waals surface area contributed by atoms with Crippen molar-refractivity contribution in [1.82, 2.24) is 0 Å². The third-order valence-electron chi connectivity index (χ3n) is 8.72. The van der Waals surface area contributed by atoms with E-state index >= 15 is 0 Å². The normalized spacial score (nSPS) is 12.6. The maximum Gasteiger partial charge on any atom is 0.308 e. The first-order valence-electron chi connectivity index (χ1n) is 16.6. The van der Waals surface area contributed by atoms with Gasteiger partial charge in [0, 0.05) is 6.42 Å². The van der Waals surface area contributed by atoms with Crippen molar-refractivity contribution < 1.29 is 18.8 Å². The molecular formula is C42H45O4PSi. The molecule has 0 fully saturated rings. The van der Waals surface area contributed by atoms with Crippen LogP contribution in [0.25, 0.3) is 0 Å². The minimum Gasteiger partial charge on any atom is -0.466 e. The van der Waals surface area contributed by atoms with E-state index in [0.717, 1.165) is 26.3 Å². The zero-order chi connectivity index (χ0) is 34.0. The number of hydrogen-bond acceptors (Lipinski definition) is 4. The highest BCUT2D eigenvalue weighted by atomic mass is 31.2. The zero-order valence-corrected chi connectivity index (χ0v) is 30.2. The average molecular weight is 673 g/mol. The van der Waals surface area contributed by atoms with Crippen LogP contribution in [0.5, 0.6) is 0 Å². The van der Waals surface area contributed by atoms with E-state index in [1.165, 1.54) is 0 Å². The molecule has 0 saturated heterocycles. The van der Waals surface area contributed by atoms with E-state index in [1.54, 1.807) is 6.92 Å². The Bertz CT molecular complexity index is 1680. The highest BCUT2D eigenvalue weighted by molar-refractivity contribution is 7.95. The van der Waals surface area contributed by atoms with E-state index in [0.29, 0.717) is 0 Å². The van der Waals surface area contributed by atoms with Crippen LogP contribution in [-0.2, 0) is 18.8 Å². The summed E-state index contributed by atoms with van der Waals surface area (Å²) in [4.78, 5) is 27.9. The Morgan fingerprint density at radius 3 is 1.35 bits per heavy atom. The quantitative estimate of drug-likeness (QED) is 0.0800. The van der Waals surface area contributed by atoms with Crippen LogP contribution in [0.4, 0.5) is 0 Å². The molecule has 0 saturated carbocycles. The fourth-order valence-corrected chi connectivity index (χ4v) is 15.1. The predicted octanol–water partition coefficient (Wildman–Crippen LogP) is 6.64. The van der Waals surface area contributed by atoms with E-state index < -0.39 is 21.3 Å². The first kappa shape index (κ1) is 35.0. The molecule has 5 aromatic rings. The number of hydrogen-bond donors (Lipinski definition) is 0. The molecule has 0 N–H and O–H groups in total. The molecule has 5 rings (SSSR count). The molecule has 0 spiro atoms. The van der Waals surface area contributed by atoms with Gasteiger partial charge in [-0.2, -0.15) is 0 Å². The Balaban J connectivity index is 1.69. The smallest absolute Gasteiger partial charge is 0.308 e. The fraction of sp³-hybridized carbons (Fsp3) is 0.214. The van der Waals surface area contributed by atoms with Crippen LogP contribution in [0.15, 0.2) is 152 Å². The van der Waals surface area contributed by atoms with Crippen molar-refractivity contribution in [3.8, 4) is 0 Å². The summed E-state index contributed by atoms with van der Waals surface area (Å²) < 4.78 is 12.9. The molecule has 0 bridgehead atoms. The van der Waals surface area contributed by atoms with Crippen molar-refractivity contribution >= 4 is 59.0 Å². The summed E-state index contributed by atoms with van der Waals surface area (Å²) in [6.45, 7) is 6.11. The van der Waals surface area contributed by atoms with Crippen LogP contribution in [0.3, 0.4) is 0 Å². The summed E-state index contributed by atoms with van der Waals surface area (Å²) in [6.07, 6.45) is -0.688. The summed E-state index contributed by atoms with van der Waals surface area (Å²) in [5.41, 5.74) is 0. The second kappa shape index (κ2) is 15.7. The highest BCUT2D eigenvalue weighted by Gasteiger charge is 2.51. The Hall–Kier alpha value is -4.28. The fourth-order valence-electron chi connectivity index (χ4n) is 6.66. The monoisotopic (exact) mass is 672 g/mol. The third kappa shape index (κ3) is 7.55. The molecule has 0 aliphatic rings. The van der Waals surface area contributed by atoms with Gasteiger partial charge in [-0.3, -0.25) is 9.59 Å². The van der Waals surface area contributed by atoms with Gasteiger partial charge in [-0.15, -0.1) is 0 Å². The number of esters is 1. The van der Waals surface area contributed by atoms with Gasteiger partial charge in [0.2, 0.25) is 0 Å². The molecule has 0 amide bonds. The number of benzene rings is 5. The number of Topliss-reactive ketones (excluding diaryl/α,β-unsaturated/α-hetero) is 1. The molecule has 6 heteroatoms. The molecule has 0 heterocycles. The minimum atomic E-state index is -3.08. The van der Waals surface area contributed by atoms with Crippen LogP contribution < -0.4 is 26.3 Å². The molecule has 246 valence electrons. The van der Waals surface area contributed by atoms with E-state index in [4.69, 9.17) is 9.16 Å². The standard InChI is InChI=1S/C42H45O4PSi/c1-5-45-41(44)32-35(46-48(42(2,3)4,39-27-17-9-18-28-39)40-29-19-10-20-30-40)31-34(43)33-47(36-21-11-6-12-22-36,37-23-13-7-14-24-37)38-25-15-8-16-26-38/h6-30,33,35H,5,31-32H2,1-4H3. The van der Waals surface area contributed by atoms with Crippen molar-refractivity contribution in [2.75, 3.05) is 6.61 Å². The van der Waals surface area contributed by atoms with Crippen molar-refractivity contribution in [1.29, 1.82) is 0 Å². The van der Waals surface area contributed by atoms with Crippen molar-refractivity contribution in [3.05, 3.63) is 152 Å². The van der Waals surface area contributed by atoms with Gasteiger partial charge in [0.15, 0.2) is 5.78 Å².